The van der Waals surface area contributed by atoms with E-state index >= 15 is 0 Å². The van der Waals surface area contributed by atoms with Gasteiger partial charge in [-0.05, 0) is 18.2 Å². The molecule has 0 fully saturated rings. The molecule has 1 aliphatic rings. The van der Waals surface area contributed by atoms with Gasteiger partial charge in [-0.2, -0.15) is 0 Å². The number of rotatable bonds is 3. The molecule has 0 spiro atoms. The molecule has 0 bridgehead atoms. The first kappa shape index (κ1) is 11.4. The van der Waals surface area contributed by atoms with Crippen LogP contribution in [-0.2, 0) is 4.79 Å². The molecule has 0 aliphatic heterocycles. The maximum atomic E-state index is 13.9. The molecular formula is C13H12FNO2. The van der Waals surface area contributed by atoms with Crippen molar-refractivity contribution in [2.24, 2.45) is 5.73 Å². The largest absolute Gasteiger partial charge is 0.483 e. The van der Waals surface area contributed by atoms with Gasteiger partial charge in [-0.3, -0.25) is 4.79 Å². The summed E-state index contributed by atoms with van der Waals surface area (Å²) in [5.74, 6) is -0.209. The highest BCUT2D eigenvalue weighted by Crippen LogP contribution is 2.22. The number of carbonyl (C=O) groups excluding carboxylic acids is 1. The van der Waals surface area contributed by atoms with Crippen LogP contribution in [0.5, 0.6) is 5.75 Å². The number of benzene rings is 1. The average Bonchev–Trinajstić information content (AvgIpc) is 2.33. The van der Waals surface area contributed by atoms with E-state index < -0.39 is 18.2 Å². The molecule has 1 aromatic carbocycles. The lowest BCUT2D eigenvalue weighted by molar-refractivity contribution is -0.115. The normalized spacial score (nSPS) is 23.0. The van der Waals surface area contributed by atoms with Gasteiger partial charge in [-0.25, -0.2) is 4.39 Å². The summed E-state index contributed by atoms with van der Waals surface area (Å²) < 4.78 is 19.3. The number of amides is 1. The third-order valence-corrected chi connectivity index (χ3v) is 2.46. The summed E-state index contributed by atoms with van der Waals surface area (Å²) >= 11 is 0. The van der Waals surface area contributed by atoms with Crippen molar-refractivity contribution in [3.8, 4) is 5.75 Å². The van der Waals surface area contributed by atoms with Crippen molar-refractivity contribution in [1.29, 1.82) is 0 Å². The van der Waals surface area contributed by atoms with Crippen molar-refractivity contribution in [1.82, 2.24) is 0 Å². The van der Waals surface area contributed by atoms with Gasteiger partial charge in [0.15, 0.2) is 12.3 Å². The zero-order chi connectivity index (χ0) is 12.3. The van der Waals surface area contributed by atoms with Gasteiger partial charge in [0.05, 0.1) is 5.57 Å². The van der Waals surface area contributed by atoms with E-state index in [2.05, 4.69) is 0 Å². The SMILES string of the molecule is NC(=O)C1=CC=CC(Oc2ccccc2)C1F. The summed E-state index contributed by atoms with van der Waals surface area (Å²) in [6, 6.07) is 8.87. The van der Waals surface area contributed by atoms with Crippen molar-refractivity contribution in [2.75, 3.05) is 0 Å². The molecule has 2 atom stereocenters. The molecular weight excluding hydrogens is 221 g/mol. The van der Waals surface area contributed by atoms with Gasteiger partial charge in [-0.1, -0.05) is 30.4 Å². The van der Waals surface area contributed by atoms with E-state index in [-0.39, 0.29) is 5.57 Å². The summed E-state index contributed by atoms with van der Waals surface area (Å²) in [6.07, 6.45) is 2.16. The molecule has 88 valence electrons. The van der Waals surface area contributed by atoms with E-state index in [0.29, 0.717) is 5.75 Å². The van der Waals surface area contributed by atoms with E-state index in [1.165, 1.54) is 6.08 Å². The van der Waals surface area contributed by atoms with Gasteiger partial charge in [0.25, 0.3) is 0 Å². The lowest BCUT2D eigenvalue weighted by Gasteiger charge is -2.22. The standard InChI is InChI=1S/C13H12FNO2/c14-12-10(13(15)16)7-4-8-11(12)17-9-5-2-1-3-6-9/h1-8,11-12H,(H2,15,16). The molecule has 17 heavy (non-hydrogen) atoms. The van der Waals surface area contributed by atoms with Crippen LogP contribution in [0.2, 0.25) is 0 Å². The zero-order valence-electron chi connectivity index (χ0n) is 9.05. The van der Waals surface area contributed by atoms with Gasteiger partial charge in [0, 0.05) is 0 Å². The monoisotopic (exact) mass is 233 g/mol. The Bertz CT molecular complexity index is 468. The van der Waals surface area contributed by atoms with Crippen LogP contribution in [-0.4, -0.2) is 18.2 Å². The number of carbonyl (C=O) groups is 1. The molecule has 2 unspecified atom stereocenters. The van der Waals surface area contributed by atoms with Crippen LogP contribution in [0, 0.1) is 0 Å². The van der Waals surface area contributed by atoms with Crippen molar-refractivity contribution in [3.63, 3.8) is 0 Å². The molecule has 0 heterocycles. The molecule has 1 amide bonds. The van der Waals surface area contributed by atoms with E-state index in [9.17, 15) is 9.18 Å². The van der Waals surface area contributed by atoms with Crippen LogP contribution in [0.15, 0.2) is 54.1 Å². The van der Waals surface area contributed by atoms with Crippen LogP contribution >= 0.6 is 0 Å². The second-order valence-corrected chi connectivity index (χ2v) is 3.67. The first-order chi connectivity index (χ1) is 8.18. The van der Waals surface area contributed by atoms with Crippen LogP contribution in [0.25, 0.3) is 0 Å². The lowest BCUT2D eigenvalue weighted by Crippen LogP contribution is -2.35. The van der Waals surface area contributed by atoms with Crippen molar-refractivity contribution in [2.45, 2.75) is 12.3 Å². The average molecular weight is 233 g/mol. The Hall–Kier alpha value is -2.10. The third kappa shape index (κ3) is 2.53. The molecule has 0 saturated carbocycles. The number of hydrogen-bond donors (Lipinski definition) is 1. The van der Waals surface area contributed by atoms with Gasteiger partial charge in [0.1, 0.15) is 5.75 Å². The zero-order valence-corrected chi connectivity index (χ0v) is 9.05. The van der Waals surface area contributed by atoms with Crippen LogP contribution in [0.1, 0.15) is 0 Å². The minimum Gasteiger partial charge on any atom is -0.483 e. The molecule has 2 rings (SSSR count). The molecule has 0 saturated heterocycles. The number of alkyl halides is 1. The number of nitrogens with two attached hydrogens (primary N) is 1. The van der Waals surface area contributed by atoms with Gasteiger partial charge in [0.2, 0.25) is 5.91 Å². The van der Waals surface area contributed by atoms with Crippen LogP contribution < -0.4 is 10.5 Å². The van der Waals surface area contributed by atoms with Gasteiger partial charge >= 0.3 is 0 Å². The first-order valence-corrected chi connectivity index (χ1v) is 5.22. The van der Waals surface area contributed by atoms with Crippen LogP contribution in [0.4, 0.5) is 4.39 Å². The smallest absolute Gasteiger partial charge is 0.247 e. The highest BCUT2D eigenvalue weighted by Gasteiger charge is 2.29. The van der Waals surface area contributed by atoms with E-state index in [0.717, 1.165) is 0 Å². The topological polar surface area (TPSA) is 52.3 Å². The minimum atomic E-state index is -1.53. The van der Waals surface area contributed by atoms with Crippen molar-refractivity contribution >= 4 is 5.91 Å². The predicted octanol–water partition coefficient (Wildman–Crippen LogP) is 1.75. The fourth-order valence-electron chi connectivity index (χ4n) is 1.61. The molecule has 1 aromatic rings. The van der Waals surface area contributed by atoms with Gasteiger partial charge in [-0.15, -0.1) is 0 Å². The van der Waals surface area contributed by atoms with E-state index in [4.69, 9.17) is 10.5 Å². The Morgan fingerprint density at radius 1 is 1.29 bits per heavy atom. The number of ether oxygens (including phenoxy) is 1. The molecule has 2 N–H and O–H groups in total. The molecule has 1 aliphatic carbocycles. The highest BCUT2D eigenvalue weighted by atomic mass is 19.1. The molecule has 4 heteroatoms. The quantitative estimate of drug-likeness (QED) is 0.864. The molecule has 0 radical (unpaired) electrons. The van der Waals surface area contributed by atoms with Crippen LogP contribution in [0.3, 0.4) is 0 Å². The summed E-state index contributed by atoms with van der Waals surface area (Å²) in [5.41, 5.74) is 5.01. The number of hydrogen-bond acceptors (Lipinski definition) is 2. The van der Waals surface area contributed by atoms with Crippen molar-refractivity contribution < 1.29 is 13.9 Å². The lowest BCUT2D eigenvalue weighted by atomic mass is 10.00. The summed E-state index contributed by atoms with van der Waals surface area (Å²) in [5, 5.41) is 0. The summed E-state index contributed by atoms with van der Waals surface area (Å²) in [7, 11) is 0. The fourth-order valence-corrected chi connectivity index (χ4v) is 1.61. The number of allylic oxidation sites excluding steroid dienone is 2. The molecule has 3 nitrogen and oxygen atoms in total. The summed E-state index contributed by atoms with van der Waals surface area (Å²) in [6.45, 7) is 0. The van der Waals surface area contributed by atoms with Gasteiger partial charge < -0.3 is 10.5 Å². The predicted molar refractivity (Wildman–Crippen MR) is 62.2 cm³/mol. The fraction of sp³-hybridized carbons (Fsp3) is 0.154. The summed E-state index contributed by atoms with van der Waals surface area (Å²) in [4.78, 5) is 11.0. The Morgan fingerprint density at radius 3 is 2.65 bits per heavy atom. The Balaban J connectivity index is 2.12. The Kier molecular flexibility index (Phi) is 3.23. The third-order valence-electron chi connectivity index (χ3n) is 2.46. The second-order valence-electron chi connectivity index (χ2n) is 3.67. The number of primary amides is 1. The minimum absolute atomic E-state index is 0.0616. The van der Waals surface area contributed by atoms with E-state index in [1.54, 1.807) is 36.4 Å². The maximum Gasteiger partial charge on any atom is 0.247 e. The van der Waals surface area contributed by atoms with Crippen molar-refractivity contribution in [3.05, 3.63) is 54.1 Å². The molecule has 0 aromatic heterocycles. The Labute approximate surface area is 98.4 Å². The number of para-hydroxylation sites is 1. The van der Waals surface area contributed by atoms with E-state index in [1.807, 2.05) is 6.07 Å². The Morgan fingerprint density at radius 2 is 2.00 bits per heavy atom. The highest BCUT2D eigenvalue weighted by molar-refractivity contribution is 5.93. The second kappa shape index (κ2) is 4.82. The maximum absolute atomic E-state index is 13.9. The first-order valence-electron chi connectivity index (χ1n) is 5.22. The number of halogens is 1.